The molecule has 0 aliphatic heterocycles. The summed E-state index contributed by atoms with van der Waals surface area (Å²) >= 11 is 0. The van der Waals surface area contributed by atoms with Crippen molar-refractivity contribution in [2.75, 3.05) is 0 Å². The first-order chi connectivity index (χ1) is 27.2. The summed E-state index contributed by atoms with van der Waals surface area (Å²) in [6, 6.07) is 15.4. The molecule has 9 aromatic rings. The molecule has 0 fully saturated rings. The normalized spacial score (nSPS) is 16.3. The SMILES string of the molecule is [2H]c1c([2H])c([2H])c(-c2cccc(-c3c4ccccc4c(-c4c([2H])c([2H])c([2H])c5oc6c7c([2H])c([2H])c([2H])c([2H])c7c([2H])c([2H])c6c45)c4ccccc34)c2)c([2H])c1[2H]. The van der Waals surface area contributed by atoms with Crippen molar-refractivity contribution in [2.45, 2.75) is 0 Å². The van der Waals surface area contributed by atoms with Crippen molar-refractivity contribution in [3.05, 3.63) is 157 Å². The van der Waals surface area contributed by atoms with Gasteiger partial charge in [-0.2, -0.15) is 0 Å². The van der Waals surface area contributed by atoms with Gasteiger partial charge < -0.3 is 4.42 Å². The molecule has 0 aliphatic rings. The van der Waals surface area contributed by atoms with Crippen LogP contribution >= 0.6 is 0 Å². The maximum absolute atomic E-state index is 9.42. The monoisotopic (exact) mass is 560 g/mol. The van der Waals surface area contributed by atoms with E-state index in [2.05, 4.69) is 0 Å². The van der Waals surface area contributed by atoms with E-state index in [1.165, 1.54) is 0 Å². The van der Waals surface area contributed by atoms with Crippen molar-refractivity contribution < 1.29 is 23.6 Å². The van der Waals surface area contributed by atoms with E-state index in [9.17, 15) is 2.74 Å². The van der Waals surface area contributed by atoms with Crippen LogP contribution in [0.3, 0.4) is 0 Å². The molecule has 0 radical (unpaired) electrons. The lowest BCUT2D eigenvalue weighted by Gasteiger charge is -2.18. The second-order valence-corrected chi connectivity index (χ2v) is 10.2. The predicted molar refractivity (Wildman–Crippen MR) is 183 cm³/mol. The van der Waals surface area contributed by atoms with E-state index in [4.69, 9.17) is 20.9 Å². The zero-order valence-electron chi connectivity index (χ0n) is 36.3. The standard InChI is InChI=1S/C42H26O/c1-2-12-27(13-3-1)29-15-10-16-30(26-29)39-32-18-6-8-20-34(32)40(35-21-9-7-19-33(35)39)36-22-11-23-38-41(36)37-25-24-28-14-4-5-17-31(28)42(37)43-38/h1-26H/i1D,2D,3D,4D,5D,11D,12D,13D,14D,17D,22D,23D,24D,25D. The second kappa shape index (κ2) is 9.44. The third-order valence-electron chi connectivity index (χ3n) is 7.87. The van der Waals surface area contributed by atoms with Gasteiger partial charge in [-0.15, -0.1) is 0 Å². The smallest absolute Gasteiger partial charge is 0.143 e. The van der Waals surface area contributed by atoms with Crippen molar-refractivity contribution in [3.8, 4) is 33.4 Å². The largest absolute Gasteiger partial charge is 0.455 e. The molecule has 0 saturated heterocycles. The molecule has 1 nitrogen and oxygen atoms in total. The molecule has 0 spiro atoms. The summed E-state index contributed by atoms with van der Waals surface area (Å²) in [6.45, 7) is 0. The van der Waals surface area contributed by atoms with Crippen molar-refractivity contribution in [2.24, 2.45) is 0 Å². The fourth-order valence-corrected chi connectivity index (χ4v) is 6.09. The van der Waals surface area contributed by atoms with Crippen molar-refractivity contribution in [3.63, 3.8) is 0 Å². The molecule has 1 aromatic heterocycles. The first kappa shape index (κ1) is 14.0. The Morgan fingerprint density at radius 1 is 0.442 bits per heavy atom. The van der Waals surface area contributed by atoms with Gasteiger partial charge in [0.05, 0.1) is 19.2 Å². The van der Waals surface area contributed by atoms with Crippen molar-refractivity contribution in [1.29, 1.82) is 0 Å². The highest BCUT2D eigenvalue weighted by Crippen LogP contribution is 2.47. The first-order valence-electron chi connectivity index (χ1n) is 20.6. The summed E-state index contributed by atoms with van der Waals surface area (Å²) in [5.41, 5.74) is 2.16. The first-order valence-corrected chi connectivity index (χ1v) is 13.6. The Kier molecular flexibility index (Phi) is 3.07. The van der Waals surface area contributed by atoms with E-state index in [0.717, 1.165) is 5.56 Å². The van der Waals surface area contributed by atoms with Crippen LogP contribution in [-0.2, 0) is 0 Å². The third kappa shape index (κ3) is 3.65. The van der Waals surface area contributed by atoms with Gasteiger partial charge in [-0.3, -0.25) is 0 Å². The molecule has 0 N–H and O–H groups in total. The molecular formula is C42H26O. The van der Waals surface area contributed by atoms with E-state index in [1.54, 1.807) is 18.2 Å². The van der Waals surface area contributed by atoms with E-state index < -0.39 is 66.5 Å². The molecule has 0 aliphatic carbocycles. The molecule has 0 saturated carbocycles. The van der Waals surface area contributed by atoms with Crippen LogP contribution < -0.4 is 0 Å². The van der Waals surface area contributed by atoms with Crippen LogP contribution in [0.5, 0.6) is 0 Å². The summed E-state index contributed by atoms with van der Waals surface area (Å²) in [6.07, 6.45) is 0. The van der Waals surface area contributed by atoms with Crippen LogP contribution in [0.2, 0.25) is 0 Å². The lowest BCUT2D eigenvalue weighted by molar-refractivity contribution is 0.673. The minimum atomic E-state index is -0.573. The zero-order chi connectivity index (χ0) is 40.5. The van der Waals surface area contributed by atoms with E-state index in [1.807, 2.05) is 54.6 Å². The maximum Gasteiger partial charge on any atom is 0.143 e. The molecule has 0 unspecified atom stereocenters. The predicted octanol–water partition coefficient (Wildman–Crippen LogP) is 12.0. The minimum Gasteiger partial charge on any atom is -0.455 e. The van der Waals surface area contributed by atoms with Crippen LogP contribution in [0, 0.1) is 0 Å². The fourth-order valence-electron chi connectivity index (χ4n) is 6.09. The van der Waals surface area contributed by atoms with Gasteiger partial charge in [0, 0.05) is 16.2 Å². The summed E-state index contributed by atoms with van der Waals surface area (Å²) < 4.78 is 128. The molecule has 0 bridgehead atoms. The number of furan rings is 1. The van der Waals surface area contributed by atoms with Crippen molar-refractivity contribution in [1.82, 2.24) is 0 Å². The van der Waals surface area contributed by atoms with E-state index in [0.29, 0.717) is 38.2 Å². The molecule has 0 amide bonds. The number of rotatable bonds is 3. The summed E-state index contributed by atoms with van der Waals surface area (Å²) in [5.74, 6) is 0. The molecule has 1 heteroatoms. The second-order valence-electron chi connectivity index (χ2n) is 10.2. The van der Waals surface area contributed by atoms with Gasteiger partial charge in [0.2, 0.25) is 0 Å². The Hall–Kier alpha value is -5.66. The lowest BCUT2D eigenvalue weighted by atomic mass is 9.84. The fraction of sp³-hybridized carbons (Fsp3) is 0. The highest BCUT2D eigenvalue weighted by Gasteiger charge is 2.20. The number of hydrogen-bond donors (Lipinski definition) is 0. The number of benzene rings is 8. The van der Waals surface area contributed by atoms with Gasteiger partial charge in [0.25, 0.3) is 0 Å². The Morgan fingerprint density at radius 2 is 1.12 bits per heavy atom. The topological polar surface area (TPSA) is 13.1 Å². The maximum atomic E-state index is 9.42. The highest BCUT2D eigenvalue weighted by molar-refractivity contribution is 6.27. The molecule has 0 atom stereocenters. The summed E-state index contributed by atoms with van der Waals surface area (Å²) in [5, 5.41) is 2.33. The summed E-state index contributed by atoms with van der Waals surface area (Å²) in [4.78, 5) is 0. The van der Waals surface area contributed by atoms with Gasteiger partial charge in [0.1, 0.15) is 11.2 Å². The van der Waals surface area contributed by atoms with Crippen molar-refractivity contribution >= 4 is 54.3 Å². The van der Waals surface area contributed by atoms with Crippen LogP contribution in [-0.4, -0.2) is 0 Å². The van der Waals surface area contributed by atoms with E-state index in [-0.39, 0.29) is 62.0 Å². The number of fused-ring (bicyclic) bond motifs is 7. The van der Waals surface area contributed by atoms with Gasteiger partial charge in [0.15, 0.2) is 0 Å². The zero-order valence-corrected chi connectivity index (χ0v) is 22.3. The van der Waals surface area contributed by atoms with E-state index >= 15 is 0 Å². The molecular weight excluding hydrogens is 520 g/mol. The van der Waals surface area contributed by atoms with Crippen LogP contribution in [0.15, 0.2) is 162 Å². The van der Waals surface area contributed by atoms with Gasteiger partial charge in [-0.1, -0.05) is 139 Å². The minimum absolute atomic E-state index is 0.0203. The molecule has 1 heterocycles. The van der Waals surface area contributed by atoms with Crippen LogP contribution in [0.25, 0.3) is 87.6 Å². The Labute approximate surface area is 268 Å². The molecule has 200 valence electrons. The van der Waals surface area contributed by atoms with Gasteiger partial charge in [-0.05, 0) is 78.5 Å². The molecule has 9 rings (SSSR count). The number of hydrogen-bond acceptors (Lipinski definition) is 1. The third-order valence-corrected chi connectivity index (χ3v) is 7.87. The molecule has 43 heavy (non-hydrogen) atoms. The Bertz CT molecular complexity index is 3210. The molecule has 8 aromatic carbocycles. The lowest BCUT2D eigenvalue weighted by Crippen LogP contribution is -1.91. The summed E-state index contributed by atoms with van der Waals surface area (Å²) in [7, 11) is 0. The van der Waals surface area contributed by atoms with Gasteiger partial charge >= 0.3 is 0 Å². The quantitative estimate of drug-likeness (QED) is 0.196. The van der Waals surface area contributed by atoms with Gasteiger partial charge in [-0.25, -0.2) is 0 Å². The Balaban J connectivity index is 1.44. The average molecular weight is 561 g/mol. The average Bonchev–Trinajstić information content (AvgIpc) is 3.61. The Morgan fingerprint density at radius 3 is 1.88 bits per heavy atom. The van der Waals surface area contributed by atoms with Crippen LogP contribution in [0.4, 0.5) is 0 Å². The highest BCUT2D eigenvalue weighted by atomic mass is 16.3. The van der Waals surface area contributed by atoms with Crippen LogP contribution in [0.1, 0.15) is 19.2 Å².